The molecule has 0 aliphatic heterocycles. The zero-order chi connectivity index (χ0) is 19.7. The predicted molar refractivity (Wildman–Crippen MR) is 109 cm³/mol. The summed E-state index contributed by atoms with van der Waals surface area (Å²) in [6.07, 6.45) is 2.73. The number of likely N-dealkylation sites (N-methyl/N-ethyl adjacent to an activating group) is 1. The summed E-state index contributed by atoms with van der Waals surface area (Å²) < 4.78 is 15.1. The van der Waals surface area contributed by atoms with Crippen molar-refractivity contribution in [3.63, 3.8) is 0 Å². The van der Waals surface area contributed by atoms with Crippen molar-refractivity contribution in [2.45, 2.75) is 25.3 Å². The third-order valence-corrected chi connectivity index (χ3v) is 6.14. The van der Waals surface area contributed by atoms with Gasteiger partial charge in [-0.15, -0.1) is 11.3 Å². The van der Waals surface area contributed by atoms with E-state index in [-0.39, 0.29) is 17.8 Å². The summed E-state index contributed by atoms with van der Waals surface area (Å²) in [7, 11) is 4.02. The molecule has 28 heavy (non-hydrogen) atoms. The molecule has 1 aliphatic carbocycles. The van der Waals surface area contributed by atoms with Crippen LogP contribution in [0.3, 0.4) is 0 Å². The van der Waals surface area contributed by atoms with Gasteiger partial charge < -0.3 is 10.2 Å². The molecule has 0 unspecified atom stereocenters. The number of amides is 1. The number of hydrogen-bond acceptors (Lipinski definition) is 4. The second kappa shape index (κ2) is 7.85. The van der Waals surface area contributed by atoms with Gasteiger partial charge in [-0.25, -0.2) is 9.07 Å². The average molecular weight is 399 g/mol. The number of rotatable bonds is 6. The zero-order valence-electron chi connectivity index (χ0n) is 16.0. The Labute approximate surface area is 167 Å². The first-order valence-electron chi connectivity index (χ1n) is 9.39. The number of fused-ring (bicyclic) bond motifs is 1. The molecule has 0 fully saturated rings. The minimum atomic E-state index is -0.283. The van der Waals surface area contributed by atoms with Crippen molar-refractivity contribution in [1.29, 1.82) is 0 Å². The number of hydrogen-bond donors (Lipinski definition) is 1. The maximum Gasteiger partial charge on any atom is 0.272 e. The number of carbonyl (C=O) groups excluding carboxylic acids is 1. The van der Waals surface area contributed by atoms with Crippen LogP contribution in [0.15, 0.2) is 41.8 Å². The van der Waals surface area contributed by atoms with Crippen molar-refractivity contribution in [2.75, 3.05) is 20.6 Å². The van der Waals surface area contributed by atoms with Gasteiger partial charge in [0, 0.05) is 22.7 Å². The molecular formula is C21H23FN4OS. The highest BCUT2D eigenvalue weighted by atomic mass is 32.1. The van der Waals surface area contributed by atoms with E-state index in [2.05, 4.69) is 21.4 Å². The Morgan fingerprint density at radius 2 is 2.07 bits per heavy atom. The highest BCUT2D eigenvalue weighted by molar-refractivity contribution is 7.10. The third-order valence-electron chi connectivity index (χ3n) is 5.17. The van der Waals surface area contributed by atoms with Crippen LogP contribution in [0, 0.1) is 5.82 Å². The molecule has 1 aromatic carbocycles. The minimum absolute atomic E-state index is 0.121. The number of carbonyl (C=O) groups is 1. The number of benzene rings is 1. The van der Waals surface area contributed by atoms with Gasteiger partial charge in [-0.1, -0.05) is 6.07 Å². The topological polar surface area (TPSA) is 50.2 Å². The predicted octanol–water partition coefficient (Wildman–Crippen LogP) is 3.59. The van der Waals surface area contributed by atoms with Gasteiger partial charge in [-0.2, -0.15) is 5.10 Å². The lowest BCUT2D eigenvalue weighted by Crippen LogP contribution is -2.34. The second-order valence-electron chi connectivity index (χ2n) is 7.22. The SMILES string of the molecule is CN(C)[C@@H](CNC(=O)c1nn(-c2ccc(F)cc2)c2c1CCC2)c1cccs1. The Morgan fingerprint density at radius 1 is 1.29 bits per heavy atom. The maximum absolute atomic E-state index is 13.3. The molecule has 0 radical (unpaired) electrons. The monoisotopic (exact) mass is 398 g/mol. The Hall–Kier alpha value is -2.51. The van der Waals surface area contributed by atoms with Crippen molar-refractivity contribution in [2.24, 2.45) is 0 Å². The number of halogens is 1. The van der Waals surface area contributed by atoms with Crippen molar-refractivity contribution in [1.82, 2.24) is 20.0 Å². The van der Waals surface area contributed by atoms with Crippen LogP contribution >= 0.6 is 11.3 Å². The Kier molecular flexibility index (Phi) is 5.28. The minimum Gasteiger partial charge on any atom is -0.349 e. The lowest BCUT2D eigenvalue weighted by Gasteiger charge is -2.23. The molecule has 1 amide bonds. The van der Waals surface area contributed by atoms with E-state index in [1.807, 2.05) is 25.5 Å². The van der Waals surface area contributed by atoms with Crippen molar-refractivity contribution in [3.05, 3.63) is 69.4 Å². The highest BCUT2D eigenvalue weighted by Crippen LogP contribution is 2.28. The van der Waals surface area contributed by atoms with Gasteiger partial charge in [0.1, 0.15) is 5.82 Å². The molecule has 4 rings (SSSR count). The van der Waals surface area contributed by atoms with Crippen LogP contribution in [0.2, 0.25) is 0 Å². The average Bonchev–Trinajstić information content (AvgIpc) is 3.40. The molecular weight excluding hydrogens is 375 g/mol. The molecule has 7 heteroatoms. The fraction of sp³-hybridized carbons (Fsp3) is 0.333. The Morgan fingerprint density at radius 3 is 2.75 bits per heavy atom. The van der Waals surface area contributed by atoms with Gasteiger partial charge in [-0.05, 0) is 69.1 Å². The summed E-state index contributed by atoms with van der Waals surface area (Å²) in [5.41, 5.74) is 3.34. The summed E-state index contributed by atoms with van der Waals surface area (Å²) >= 11 is 1.69. The van der Waals surface area contributed by atoms with Crippen LogP contribution in [-0.2, 0) is 12.8 Å². The van der Waals surface area contributed by atoms with Crippen LogP contribution in [-0.4, -0.2) is 41.2 Å². The van der Waals surface area contributed by atoms with Crippen LogP contribution < -0.4 is 5.32 Å². The molecule has 5 nitrogen and oxygen atoms in total. The van der Waals surface area contributed by atoms with E-state index in [4.69, 9.17) is 0 Å². The first kappa shape index (κ1) is 18.8. The molecule has 1 N–H and O–H groups in total. The Bertz CT molecular complexity index is 963. The highest BCUT2D eigenvalue weighted by Gasteiger charge is 2.27. The normalized spacial score (nSPS) is 14.3. The van der Waals surface area contributed by atoms with E-state index in [9.17, 15) is 9.18 Å². The van der Waals surface area contributed by atoms with E-state index in [0.29, 0.717) is 12.2 Å². The van der Waals surface area contributed by atoms with E-state index in [0.717, 1.165) is 36.2 Å². The largest absolute Gasteiger partial charge is 0.349 e. The summed E-state index contributed by atoms with van der Waals surface area (Å²) in [5.74, 6) is -0.434. The molecule has 2 heterocycles. The van der Waals surface area contributed by atoms with Gasteiger partial charge in [0.25, 0.3) is 5.91 Å². The quantitative estimate of drug-likeness (QED) is 0.690. The summed E-state index contributed by atoms with van der Waals surface area (Å²) in [6.45, 7) is 0.518. The molecule has 0 saturated carbocycles. The van der Waals surface area contributed by atoms with Gasteiger partial charge in [0.15, 0.2) is 5.69 Å². The van der Waals surface area contributed by atoms with Gasteiger partial charge in [-0.3, -0.25) is 4.79 Å². The van der Waals surface area contributed by atoms with Gasteiger partial charge in [0.05, 0.1) is 11.7 Å². The van der Waals surface area contributed by atoms with E-state index in [1.165, 1.54) is 17.0 Å². The molecule has 2 aromatic heterocycles. The maximum atomic E-state index is 13.3. The number of nitrogens with zero attached hydrogens (tertiary/aromatic N) is 3. The van der Waals surface area contributed by atoms with Crippen molar-refractivity contribution < 1.29 is 9.18 Å². The zero-order valence-corrected chi connectivity index (χ0v) is 16.8. The van der Waals surface area contributed by atoms with Crippen molar-refractivity contribution in [3.8, 4) is 5.69 Å². The van der Waals surface area contributed by atoms with Crippen LogP contribution in [0.4, 0.5) is 4.39 Å². The summed E-state index contributed by atoms with van der Waals surface area (Å²) in [4.78, 5) is 16.3. The van der Waals surface area contributed by atoms with E-state index >= 15 is 0 Å². The van der Waals surface area contributed by atoms with Crippen LogP contribution in [0.25, 0.3) is 5.69 Å². The molecule has 0 saturated heterocycles. The van der Waals surface area contributed by atoms with E-state index < -0.39 is 0 Å². The first-order valence-corrected chi connectivity index (χ1v) is 10.3. The van der Waals surface area contributed by atoms with Gasteiger partial charge in [0.2, 0.25) is 0 Å². The third kappa shape index (κ3) is 3.59. The molecule has 0 spiro atoms. The smallest absolute Gasteiger partial charge is 0.272 e. The molecule has 1 atom stereocenters. The first-order chi connectivity index (χ1) is 13.5. The number of thiophene rings is 1. The Balaban J connectivity index is 1.56. The lowest BCUT2D eigenvalue weighted by molar-refractivity contribution is 0.0936. The molecule has 0 bridgehead atoms. The lowest BCUT2D eigenvalue weighted by atomic mass is 10.1. The molecule has 3 aromatic rings. The number of nitrogens with one attached hydrogen (secondary N) is 1. The second-order valence-corrected chi connectivity index (χ2v) is 8.20. The standard InChI is InChI=1S/C21H23FN4OS/c1-25(2)18(19-7-4-12-28-19)13-23-21(27)20-16-5-3-6-17(16)26(24-20)15-10-8-14(22)9-11-15/h4,7-12,18H,3,5-6,13H2,1-2H3,(H,23,27)/t18-/m0/s1. The van der Waals surface area contributed by atoms with E-state index in [1.54, 1.807) is 28.2 Å². The van der Waals surface area contributed by atoms with Crippen LogP contribution in [0.5, 0.6) is 0 Å². The van der Waals surface area contributed by atoms with Crippen LogP contribution in [0.1, 0.15) is 39.1 Å². The summed E-state index contributed by atoms with van der Waals surface area (Å²) in [5, 5.41) is 9.70. The van der Waals surface area contributed by atoms with Gasteiger partial charge >= 0.3 is 0 Å². The molecule has 146 valence electrons. The fourth-order valence-electron chi connectivity index (χ4n) is 3.71. The fourth-order valence-corrected chi connectivity index (χ4v) is 4.63. The van der Waals surface area contributed by atoms with Crippen molar-refractivity contribution >= 4 is 17.2 Å². The number of aromatic nitrogens is 2. The summed E-state index contributed by atoms with van der Waals surface area (Å²) in [6, 6.07) is 10.5. The molecule has 1 aliphatic rings.